The zero-order valence-electron chi connectivity index (χ0n) is 13.2. The van der Waals surface area contributed by atoms with E-state index in [1.165, 1.54) is 6.42 Å². The molecule has 1 aromatic heterocycles. The molecule has 1 aromatic carbocycles. The molecule has 128 valence electrons. The number of rotatable bonds is 4. The van der Waals surface area contributed by atoms with Gasteiger partial charge in [-0.15, -0.1) is 10.2 Å². The highest BCUT2D eigenvalue weighted by Gasteiger charge is 2.21. The minimum atomic E-state index is 0.0345. The average Bonchev–Trinajstić information content (AvgIpc) is 3.03. The number of likely N-dealkylation sites (tertiary alicyclic amines) is 1. The van der Waals surface area contributed by atoms with E-state index >= 15 is 0 Å². The molecule has 0 atom stereocenters. The van der Waals surface area contributed by atoms with Crippen molar-refractivity contribution in [2.24, 2.45) is 0 Å². The topological polar surface area (TPSA) is 68.5 Å². The number of aromatic nitrogens is 2. The first-order valence-corrected chi connectivity index (χ1v) is 9.30. The van der Waals surface area contributed by atoms with Gasteiger partial charge in [-0.3, -0.25) is 4.79 Å². The van der Waals surface area contributed by atoms with Gasteiger partial charge in [0.1, 0.15) is 12.2 Å². The van der Waals surface area contributed by atoms with Crippen molar-refractivity contribution in [3.8, 4) is 17.2 Å². The number of benzene rings is 1. The predicted octanol–water partition coefficient (Wildman–Crippen LogP) is 3.83. The van der Waals surface area contributed by atoms with E-state index in [1.54, 1.807) is 7.11 Å². The van der Waals surface area contributed by atoms with Crippen LogP contribution >= 0.6 is 31.9 Å². The first kappa shape index (κ1) is 17.4. The summed E-state index contributed by atoms with van der Waals surface area (Å²) in [6.45, 7) is 1.62. The lowest BCUT2D eigenvalue weighted by molar-refractivity contribution is -0.131. The first-order chi connectivity index (χ1) is 11.6. The fourth-order valence-corrected chi connectivity index (χ4v) is 4.13. The number of halogens is 2. The zero-order chi connectivity index (χ0) is 17.1. The van der Waals surface area contributed by atoms with Crippen LogP contribution in [0.15, 0.2) is 25.5 Å². The highest BCUT2D eigenvalue weighted by Crippen LogP contribution is 2.38. The summed E-state index contributed by atoms with van der Waals surface area (Å²) in [6, 6.07) is 3.72. The van der Waals surface area contributed by atoms with Crippen LogP contribution in [0.4, 0.5) is 0 Å². The minimum Gasteiger partial charge on any atom is -0.495 e. The molecule has 0 bridgehead atoms. The average molecular weight is 459 g/mol. The molecule has 1 aliphatic heterocycles. The van der Waals surface area contributed by atoms with Gasteiger partial charge in [-0.05, 0) is 47.3 Å². The van der Waals surface area contributed by atoms with Gasteiger partial charge in [0.15, 0.2) is 0 Å². The van der Waals surface area contributed by atoms with Crippen molar-refractivity contribution in [3.05, 3.63) is 27.0 Å². The summed E-state index contributed by atoms with van der Waals surface area (Å²) < 4.78 is 12.7. The molecule has 2 heterocycles. The molecule has 1 fully saturated rings. The normalized spacial score (nSPS) is 14.7. The molecule has 0 radical (unpaired) electrons. The minimum absolute atomic E-state index is 0.0345. The third-order valence-electron chi connectivity index (χ3n) is 3.92. The Hall–Kier alpha value is -1.41. The summed E-state index contributed by atoms with van der Waals surface area (Å²) in [5.74, 6) is 1.29. The van der Waals surface area contributed by atoms with Crippen LogP contribution in [0.5, 0.6) is 5.75 Å². The number of hydrogen-bond acceptors (Lipinski definition) is 5. The van der Waals surface area contributed by atoms with Crippen LogP contribution in [-0.2, 0) is 11.2 Å². The van der Waals surface area contributed by atoms with Crippen LogP contribution in [0.25, 0.3) is 11.5 Å². The molecule has 2 aromatic rings. The molecule has 1 saturated heterocycles. The second kappa shape index (κ2) is 7.65. The number of piperidine rings is 1. The van der Waals surface area contributed by atoms with E-state index < -0.39 is 0 Å². The fourth-order valence-electron chi connectivity index (χ4n) is 2.75. The predicted molar refractivity (Wildman–Crippen MR) is 95.8 cm³/mol. The van der Waals surface area contributed by atoms with Gasteiger partial charge in [-0.2, -0.15) is 0 Å². The number of methoxy groups -OCH3 is 1. The number of ether oxygens (including phenoxy) is 1. The molecule has 6 nitrogen and oxygen atoms in total. The Morgan fingerprint density at radius 2 is 2.00 bits per heavy atom. The van der Waals surface area contributed by atoms with Crippen molar-refractivity contribution in [1.82, 2.24) is 15.1 Å². The Labute approximate surface area is 156 Å². The fraction of sp³-hybridized carbons (Fsp3) is 0.438. The SMILES string of the molecule is COc1c(Br)cc(Br)cc1-c1nnc(CC(=O)N2CCCCC2)o1. The quantitative estimate of drug-likeness (QED) is 0.696. The summed E-state index contributed by atoms with van der Waals surface area (Å²) in [7, 11) is 1.58. The summed E-state index contributed by atoms with van der Waals surface area (Å²) in [4.78, 5) is 14.2. The van der Waals surface area contributed by atoms with Crippen LogP contribution < -0.4 is 4.74 Å². The summed E-state index contributed by atoms with van der Waals surface area (Å²) in [6.07, 6.45) is 3.44. The standard InChI is InChI=1S/C16H17Br2N3O3/c1-23-15-11(7-10(17)8-12(15)18)16-20-19-13(24-16)9-14(22)21-5-3-2-4-6-21/h7-8H,2-6,9H2,1H3. The van der Waals surface area contributed by atoms with Crippen LogP contribution in [-0.4, -0.2) is 41.2 Å². The Bertz CT molecular complexity index is 742. The van der Waals surface area contributed by atoms with Crippen molar-refractivity contribution in [1.29, 1.82) is 0 Å². The Morgan fingerprint density at radius 1 is 1.25 bits per heavy atom. The molecule has 0 unspecified atom stereocenters. The maximum Gasteiger partial charge on any atom is 0.251 e. The van der Waals surface area contributed by atoms with E-state index in [1.807, 2.05) is 17.0 Å². The lowest BCUT2D eigenvalue weighted by Crippen LogP contribution is -2.36. The summed E-state index contributed by atoms with van der Waals surface area (Å²) in [5.41, 5.74) is 0.669. The highest BCUT2D eigenvalue weighted by molar-refractivity contribution is 9.11. The van der Waals surface area contributed by atoms with Crippen molar-refractivity contribution < 1.29 is 13.9 Å². The molecule has 1 amide bonds. The number of carbonyl (C=O) groups excluding carboxylic acids is 1. The smallest absolute Gasteiger partial charge is 0.251 e. The Morgan fingerprint density at radius 3 is 2.71 bits per heavy atom. The van der Waals surface area contributed by atoms with Crippen molar-refractivity contribution >= 4 is 37.8 Å². The van der Waals surface area contributed by atoms with E-state index in [9.17, 15) is 4.79 Å². The molecular weight excluding hydrogens is 442 g/mol. The van der Waals surface area contributed by atoms with Crippen molar-refractivity contribution in [3.63, 3.8) is 0 Å². The zero-order valence-corrected chi connectivity index (χ0v) is 16.4. The third kappa shape index (κ3) is 3.80. The van der Waals surface area contributed by atoms with Gasteiger partial charge in [-0.1, -0.05) is 15.9 Å². The lowest BCUT2D eigenvalue weighted by atomic mass is 10.1. The molecular formula is C16H17Br2N3O3. The van der Waals surface area contributed by atoms with Gasteiger partial charge >= 0.3 is 0 Å². The molecule has 1 aliphatic rings. The van der Waals surface area contributed by atoms with Gasteiger partial charge in [0.05, 0.1) is 17.1 Å². The first-order valence-electron chi connectivity index (χ1n) is 7.72. The van der Waals surface area contributed by atoms with Crippen LogP contribution in [0.3, 0.4) is 0 Å². The molecule has 24 heavy (non-hydrogen) atoms. The summed E-state index contributed by atoms with van der Waals surface area (Å²) >= 11 is 6.89. The molecule has 0 aliphatic carbocycles. The molecule has 0 saturated carbocycles. The van der Waals surface area contributed by atoms with Gasteiger partial charge in [0, 0.05) is 17.6 Å². The molecule has 3 rings (SSSR count). The number of amides is 1. The third-order valence-corrected chi connectivity index (χ3v) is 4.97. The molecule has 8 heteroatoms. The maximum atomic E-state index is 12.3. The monoisotopic (exact) mass is 457 g/mol. The van der Waals surface area contributed by atoms with Gasteiger partial charge in [-0.25, -0.2) is 0 Å². The van der Waals surface area contributed by atoms with E-state index in [0.717, 1.165) is 34.9 Å². The van der Waals surface area contributed by atoms with Gasteiger partial charge < -0.3 is 14.1 Å². The van der Waals surface area contributed by atoms with Crippen LogP contribution in [0, 0.1) is 0 Å². The maximum absolute atomic E-state index is 12.3. The largest absolute Gasteiger partial charge is 0.495 e. The van der Waals surface area contributed by atoms with Crippen LogP contribution in [0.2, 0.25) is 0 Å². The Kier molecular flexibility index (Phi) is 5.55. The summed E-state index contributed by atoms with van der Waals surface area (Å²) in [5, 5.41) is 8.08. The van der Waals surface area contributed by atoms with Crippen molar-refractivity contribution in [2.75, 3.05) is 20.2 Å². The van der Waals surface area contributed by atoms with Crippen molar-refractivity contribution in [2.45, 2.75) is 25.7 Å². The second-order valence-corrected chi connectivity index (χ2v) is 7.36. The van der Waals surface area contributed by atoms with E-state index in [4.69, 9.17) is 9.15 Å². The van der Waals surface area contributed by atoms with Gasteiger partial charge in [0.25, 0.3) is 5.89 Å². The number of carbonyl (C=O) groups is 1. The lowest BCUT2D eigenvalue weighted by Gasteiger charge is -2.26. The number of hydrogen-bond donors (Lipinski definition) is 0. The number of nitrogens with zero attached hydrogens (tertiary/aromatic N) is 3. The van der Waals surface area contributed by atoms with E-state index in [0.29, 0.717) is 23.1 Å². The second-order valence-electron chi connectivity index (χ2n) is 5.59. The van der Waals surface area contributed by atoms with Gasteiger partial charge in [0.2, 0.25) is 11.8 Å². The molecule has 0 N–H and O–H groups in total. The van der Waals surface area contributed by atoms with E-state index in [2.05, 4.69) is 42.1 Å². The van der Waals surface area contributed by atoms with E-state index in [-0.39, 0.29) is 12.3 Å². The Balaban J connectivity index is 1.79. The highest BCUT2D eigenvalue weighted by atomic mass is 79.9. The van der Waals surface area contributed by atoms with Crippen LogP contribution in [0.1, 0.15) is 25.2 Å². The molecule has 0 spiro atoms.